The van der Waals surface area contributed by atoms with Gasteiger partial charge in [0.15, 0.2) is 0 Å². The van der Waals surface area contributed by atoms with E-state index in [4.69, 9.17) is 4.52 Å². The van der Waals surface area contributed by atoms with E-state index in [1.807, 2.05) is 24.3 Å². The van der Waals surface area contributed by atoms with E-state index < -0.39 is 0 Å². The molecule has 1 amide bonds. The standard InChI is InChI=1S/C19H14N8O2/c28-17(16-9-20-10-21-16)23-13-3-1-2-11(6-13)18-25-19(27-29-18)24-14-4-5-15-12(7-14)8-22-26-15/h1-10H,(H,20,21)(H,22,26)(H,23,28)(H,24,27). The Bertz CT molecular complexity index is 1290. The number of H-pyrrole nitrogens is 2. The Morgan fingerprint density at radius 2 is 2.07 bits per heavy atom. The van der Waals surface area contributed by atoms with Crippen molar-refractivity contribution in [1.82, 2.24) is 30.3 Å². The van der Waals surface area contributed by atoms with Gasteiger partial charge in [0.25, 0.3) is 17.7 Å². The van der Waals surface area contributed by atoms with E-state index >= 15 is 0 Å². The number of benzene rings is 2. The molecular weight excluding hydrogens is 372 g/mol. The summed E-state index contributed by atoms with van der Waals surface area (Å²) in [6.07, 6.45) is 4.71. The quantitative estimate of drug-likeness (QED) is 0.363. The number of fused-ring (bicyclic) bond motifs is 1. The third-order valence-corrected chi connectivity index (χ3v) is 4.22. The number of imidazole rings is 1. The van der Waals surface area contributed by atoms with Crippen LogP contribution in [-0.2, 0) is 0 Å². The highest BCUT2D eigenvalue weighted by Gasteiger charge is 2.12. The van der Waals surface area contributed by atoms with Gasteiger partial charge in [0.2, 0.25) is 0 Å². The maximum Gasteiger partial charge on any atom is 0.275 e. The number of carbonyl (C=O) groups excluding carboxylic acids is 1. The molecule has 0 saturated carbocycles. The fourth-order valence-corrected chi connectivity index (χ4v) is 2.85. The molecule has 2 aromatic carbocycles. The molecule has 10 nitrogen and oxygen atoms in total. The van der Waals surface area contributed by atoms with Crippen LogP contribution in [0.1, 0.15) is 10.5 Å². The van der Waals surface area contributed by atoms with Crippen molar-refractivity contribution in [2.24, 2.45) is 0 Å². The van der Waals surface area contributed by atoms with E-state index in [0.29, 0.717) is 28.8 Å². The summed E-state index contributed by atoms with van der Waals surface area (Å²) in [6, 6.07) is 12.9. The van der Waals surface area contributed by atoms with Gasteiger partial charge in [-0.1, -0.05) is 6.07 Å². The van der Waals surface area contributed by atoms with Crippen molar-refractivity contribution in [3.05, 3.63) is 66.9 Å². The van der Waals surface area contributed by atoms with E-state index in [1.165, 1.54) is 12.5 Å². The molecule has 142 valence electrons. The molecule has 0 aliphatic heterocycles. The predicted molar refractivity (Wildman–Crippen MR) is 106 cm³/mol. The molecule has 5 aromatic rings. The minimum atomic E-state index is -0.314. The summed E-state index contributed by atoms with van der Waals surface area (Å²) in [5.41, 5.74) is 3.32. The third-order valence-electron chi connectivity index (χ3n) is 4.22. The number of hydrogen-bond acceptors (Lipinski definition) is 7. The first-order valence-corrected chi connectivity index (χ1v) is 8.69. The monoisotopic (exact) mass is 386 g/mol. The Labute approximate surface area is 163 Å². The lowest BCUT2D eigenvalue weighted by molar-refractivity contribution is 0.102. The van der Waals surface area contributed by atoms with Crippen molar-refractivity contribution in [2.75, 3.05) is 10.6 Å². The molecule has 29 heavy (non-hydrogen) atoms. The fourth-order valence-electron chi connectivity index (χ4n) is 2.85. The first-order chi connectivity index (χ1) is 14.2. The summed E-state index contributed by atoms with van der Waals surface area (Å²) in [7, 11) is 0. The zero-order valence-corrected chi connectivity index (χ0v) is 14.9. The van der Waals surface area contributed by atoms with Gasteiger partial charge in [-0.25, -0.2) is 4.98 Å². The van der Waals surface area contributed by atoms with Crippen molar-refractivity contribution < 1.29 is 9.32 Å². The van der Waals surface area contributed by atoms with Crippen LogP contribution in [0.4, 0.5) is 17.3 Å². The second-order valence-corrected chi connectivity index (χ2v) is 6.21. The van der Waals surface area contributed by atoms with Gasteiger partial charge in [0.05, 0.1) is 18.0 Å². The Morgan fingerprint density at radius 3 is 2.97 bits per heavy atom. The van der Waals surface area contributed by atoms with E-state index in [-0.39, 0.29) is 5.91 Å². The number of anilines is 3. The minimum absolute atomic E-state index is 0.300. The maximum atomic E-state index is 12.1. The lowest BCUT2D eigenvalue weighted by atomic mass is 10.2. The molecule has 5 rings (SSSR count). The molecule has 4 N–H and O–H groups in total. The zero-order valence-electron chi connectivity index (χ0n) is 14.9. The average Bonchev–Trinajstić information content (AvgIpc) is 3.49. The minimum Gasteiger partial charge on any atom is -0.350 e. The number of carbonyl (C=O) groups is 1. The highest BCUT2D eigenvalue weighted by Crippen LogP contribution is 2.24. The van der Waals surface area contributed by atoms with Gasteiger partial charge in [-0.2, -0.15) is 10.1 Å². The van der Waals surface area contributed by atoms with Crippen molar-refractivity contribution in [3.63, 3.8) is 0 Å². The molecule has 0 aliphatic carbocycles. The van der Waals surface area contributed by atoms with E-state index in [0.717, 1.165) is 16.6 Å². The smallest absolute Gasteiger partial charge is 0.275 e. The number of hydrogen-bond donors (Lipinski definition) is 4. The first kappa shape index (κ1) is 16.7. The van der Waals surface area contributed by atoms with Crippen molar-refractivity contribution in [2.45, 2.75) is 0 Å². The fraction of sp³-hybridized carbons (Fsp3) is 0. The molecule has 0 bridgehead atoms. The second kappa shape index (κ2) is 6.93. The SMILES string of the molecule is O=C(Nc1cccc(-c2nc(Nc3ccc4[nH]ncc4c3)no2)c1)c1c[nH]cn1. The second-order valence-electron chi connectivity index (χ2n) is 6.21. The Morgan fingerprint density at radius 1 is 1.10 bits per heavy atom. The summed E-state index contributed by atoms with van der Waals surface area (Å²) in [6.45, 7) is 0. The van der Waals surface area contributed by atoms with Crippen LogP contribution in [0.3, 0.4) is 0 Å². The molecule has 10 heteroatoms. The summed E-state index contributed by atoms with van der Waals surface area (Å²) >= 11 is 0. The Kier molecular flexibility index (Phi) is 3.98. The molecule has 0 fully saturated rings. The van der Waals surface area contributed by atoms with Crippen LogP contribution < -0.4 is 10.6 Å². The van der Waals surface area contributed by atoms with Crippen LogP contribution >= 0.6 is 0 Å². The molecule has 0 aliphatic rings. The number of nitrogens with one attached hydrogen (secondary N) is 4. The summed E-state index contributed by atoms with van der Waals surface area (Å²) in [4.78, 5) is 23.2. The first-order valence-electron chi connectivity index (χ1n) is 8.69. The van der Waals surface area contributed by atoms with Crippen LogP contribution in [0.2, 0.25) is 0 Å². The van der Waals surface area contributed by atoms with Crippen LogP contribution in [-0.4, -0.2) is 36.2 Å². The Hall–Kier alpha value is -4.47. The topological polar surface area (TPSA) is 137 Å². The van der Waals surface area contributed by atoms with Gasteiger partial charge in [-0.3, -0.25) is 9.89 Å². The number of aromatic nitrogens is 6. The van der Waals surface area contributed by atoms with Crippen molar-refractivity contribution >= 4 is 34.1 Å². The summed E-state index contributed by atoms with van der Waals surface area (Å²) < 4.78 is 5.36. The molecule has 0 saturated heterocycles. The number of nitrogens with zero attached hydrogens (tertiary/aromatic N) is 4. The molecule has 0 unspecified atom stereocenters. The largest absolute Gasteiger partial charge is 0.350 e. The lowest BCUT2D eigenvalue weighted by Crippen LogP contribution is -2.12. The van der Waals surface area contributed by atoms with Crippen molar-refractivity contribution in [1.29, 1.82) is 0 Å². The molecule has 0 atom stereocenters. The highest BCUT2D eigenvalue weighted by atomic mass is 16.5. The number of amides is 1. The zero-order chi connectivity index (χ0) is 19.6. The van der Waals surface area contributed by atoms with E-state index in [2.05, 4.69) is 40.9 Å². The number of rotatable bonds is 5. The lowest BCUT2D eigenvalue weighted by Gasteiger charge is -2.04. The van der Waals surface area contributed by atoms with Crippen LogP contribution in [0, 0.1) is 0 Å². The van der Waals surface area contributed by atoms with Gasteiger partial charge in [-0.05, 0) is 41.6 Å². The van der Waals surface area contributed by atoms with Crippen LogP contribution in [0.25, 0.3) is 22.4 Å². The molecule has 0 radical (unpaired) electrons. The van der Waals surface area contributed by atoms with Gasteiger partial charge in [-0.15, -0.1) is 0 Å². The van der Waals surface area contributed by atoms with Gasteiger partial charge in [0.1, 0.15) is 5.69 Å². The van der Waals surface area contributed by atoms with Crippen LogP contribution in [0.5, 0.6) is 0 Å². The predicted octanol–water partition coefficient (Wildman–Crippen LogP) is 3.33. The summed E-state index contributed by atoms with van der Waals surface area (Å²) in [5.74, 6) is 0.340. The average molecular weight is 386 g/mol. The van der Waals surface area contributed by atoms with Gasteiger partial charge in [0, 0.05) is 28.5 Å². The Balaban J connectivity index is 1.34. The third kappa shape index (κ3) is 3.41. The molecular formula is C19H14N8O2. The molecule has 3 heterocycles. The van der Waals surface area contributed by atoms with Gasteiger partial charge >= 0.3 is 0 Å². The maximum absolute atomic E-state index is 12.1. The highest BCUT2D eigenvalue weighted by molar-refractivity contribution is 6.02. The van der Waals surface area contributed by atoms with Crippen molar-refractivity contribution in [3.8, 4) is 11.5 Å². The van der Waals surface area contributed by atoms with Crippen LogP contribution in [0.15, 0.2) is 65.7 Å². The molecule has 0 spiro atoms. The summed E-state index contributed by atoms with van der Waals surface area (Å²) in [5, 5.41) is 17.7. The van der Waals surface area contributed by atoms with E-state index in [1.54, 1.807) is 24.4 Å². The molecule has 3 aromatic heterocycles. The van der Waals surface area contributed by atoms with E-state index in [9.17, 15) is 4.79 Å². The number of aromatic amines is 2. The normalized spacial score (nSPS) is 10.9. The van der Waals surface area contributed by atoms with Gasteiger partial charge < -0.3 is 20.1 Å².